The van der Waals surface area contributed by atoms with E-state index in [4.69, 9.17) is 4.74 Å². The van der Waals surface area contributed by atoms with Crippen molar-refractivity contribution in [2.24, 2.45) is 5.92 Å². The molecule has 0 bridgehead atoms. The molecule has 2 aliphatic rings. The quantitative estimate of drug-likeness (QED) is 0.696. The van der Waals surface area contributed by atoms with E-state index in [2.05, 4.69) is 0 Å². The van der Waals surface area contributed by atoms with Crippen LogP contribution < -0.4 is 9.64 Å². The second-order valence-electron chi connectivity index (χ2n) is 7.57. The molecule has 0 N–H and O–H groups in total. The third kappa shape index (κ3) is 3.99. The van der Waals surface area contributed by atoms with Crippen LogP contribution in [0, 0.1) is 5.92 Å². The van der Waals surface area contributed by atoms with Gasteiger partial charge in [-0.2, -0.15) is 0 Å². The molecule has 0 aromatic heterocycles. The Morgan fingerprint density at radius 1 is 1.10 bits per heavy atom. The van der Waals surface area contributed by atoms with Crippen molar-refractivity contribution in [3.8, 4) is 5.75 Å². The summed E-state index contributed by atoms with van der Waals surface area (Å²) >= 11 is 1.67. The zero-order chi connectivity index (χ0) is 20.4. The molecule has 0 saturated carbocycles. The molecular formula is C23H26N2O3S. The third-order valence-electron chi connectivity index (χ3n) is 5.89. The molecule has 152 valence electrons. The topological polar surface area (TPSA) is 49.9 Å². The van der Waals surface area contributed by atoms with Gasteiger partial charge in [0, 0.05) is 30.1 Å². The number of carbonyl (C=O) groups is 2. The van der Waals surface area contributed by atoms with Gasteiger partial charge < -0.3 is 14.5 Å². The van der Waals surface area contributed by atoms with Crippen molar-refractivity contribution >= 4 is 29.3 Å². The standard InChI is InChI=1S/C23H26N2O3S/c1-28-19-9-5-16(6-10-19)21-4-3-13-24(21)23(27)17-14-22(26)25(15-17)18-7-11-20(29-2)12-8-18/h5-12,17,21H,3-4,13-15H2,1-2H3/t17-,21-/m0/s1. The van der Waals surface area contributed by atoms with Crippen molar-refractivity contribution in [2.45, 2.75) is 30.2 Å². The number of rotatable bonds is 5. The Morgan fingerprint density at radius 3 is 2.48 bits per heavy atom. The summed E-state index contributed by atoms with van der Waals surface area (Å²) in [6.07, 6.45) is 4.26. The predicted octanol–water partition coefficient (Wildman–Crippen LogP) is 4.13. The molecule has 6 heteroatoms. The van der Waals surface area contributed by atoms with Gasteiger partial charge in [-0.25, -0.2) is 0 Å². The number of hydrogen-bond acceptors (Lipinski definition) is 4. The lowest BCUT2D eigenvalue weighted by molar-refractivity contribution is -0.136. The fraction of sp³-hybridized carbons (Fsp3) is 0.391. The largest absolute Gasteiger partial charge is 0.497 e. The molecule has 29 heavy (non-hydrogen) atoms. The van der Waals surface area contributed by atoms with Crippen LogP contribution in [0.3, 0.4) is 0 Å². The molecule has 0 unspecified atom stereocenters. The Bertz CT molecular complexity index is 882. The van der Waals surface area contributed by atoms with Gasteiger partial charge in [0.1, 0.15) is 5.75 Å². The fourth-order valence-electron chi connectivity index (χ4n) is 4.32. The number of carbonyl (C=O) groups excluding carboxylic acids is 2. The van der Waals surface area contributed by atoms with E-state index in [1.54, 1.807) is 23.8 Å². The van der Waals surface area contributed by atoms with E-state index in [1.165, 1.54) is 0 Å². The van der Waals surface area contributed by atoms with Crippen LogP contribution in [-0.2, 0) is 9.59 Å². The molecule has 2 amide bonds. The van der Waals surface area contributed by atoms with Crippen LogP contribution in [0.4, 0.5) is 5.69 Å². The molecule has 5 nitrogen and oxygen atoms in total. The Balaban J connectivity index is 1.47. The maximum absolute atomic E-state index is 13.3. The third-order valence-corrected chi connectivity index (χ3v) is 6.64. The summed E-state index contributed by atoms with van der Waals surface area (Å²) in [6, 6.07) is 16.0. The number of hydrogen-bond donors (Lipinski definition) is 0. The number of ether oxygens (including phenoxy) is 1. The van der Waals surface area contributed by atoms with Crippen molar-refractivity contribution in [3.05, 3.63) is 54.1 Å². The number of amides is 2. The lowest BCUT2D eigenvalue weighted by Gasteiger charge is -2.28. The van der Waals surface area contributed by atoms with Crippen molar-refractivity contribution < 1.29 is 14.3 Å². The summed E-state index contributed by atoms with van der Waals surface area (Å²) < 4.78 is 5.24. The van der Waals surface area contributed by atoms with Crippen LogP contribution in [-0.4, -0.2) is 43.2 Å². The van der Waals surface area contributed by atoms with Gasteiger partial charge >= 0.3 is 0 Å². The first-order valence-electron chi connectivity index (χ1n) is 9.99. The molecule has 2 saturated heterocycles. The second kappa shape index (κ2) is 8.49. The monoisotopic (exact) mass is 410 g/mol. The van der Waals surface area contributed by atoms with Gasteiger partial charge in [-0.1, -0.05) is 12.1 Å². The van der Waals surface area contributed by atoms with Gasteiger partial charge in [-0.3, -0.25) is 9.59 Å². The van der Waals surface area contributed by atoms with Crippen molar-refractivity contribution in [3.63, 3.8) is 0 Å². The molecule has 2 atom stereocenters. The Kier molecular flexibility index (Phi) is 5.81. The number of anilines is 1. The SMILES string of the molecule is COc1ccc([C@@H]2CCCN2C(=O)[C@H]2CC(=O)N(c3ccc(SC)cc3)C2)cc1. The first-order valence-corrected chi connectivity index (χ1v) is 11.2. The van der Waals surface area contributed by atoms with Crippen LogP contribution in [0.1, 0.15) is 30.9 Å². The van der Waals surface area contributed by atoms with Crippen LogP contribution in [0.2, 0.25) is 0 Å². The van der Waals surface area contributed by atoms with Crippen molar-refractivity contribution in [2.75, 3.05) is 31.4 Å². The lowest BCUT2D eigenvalue weighted by Crippen LogP contribution is -2.37. The van der Waals surface area contributed by atoms with Gasteiger partial charge in [0.05, 0.1) is 19.1 Å². The zero-order valence-electron chi connectivity index (χ0n) is 16.8. The molecule has 2 aromatic rings. The maximum Gasteiger partial charge on any atom is 0.228 e. The smallest absolute Gasteiger partial charge is 0.228 e. The molecular weight excluding hydrogens is 384 g/mol. The number of thioether (sulfide) groups is 1. The summed E-state index contributed by atoms with van der Waals surface area (Å²) in [5.74, 6) is 0.663. The van der Waals surface area contributed by atoms with E-state index in [1.807, 2.05) is 59.7 Å². The summed E-state index contributed by atoms with van der Waals surface area (Å²) in [5.41, 5.74) is 2.00. The molecule has 2 aromatic carbocycles. The predicted molar refractivity (Wildman–Crippen MR) is 115 cm³/mol. The highest BCUT2D eigenvalue weighted by atomic mass is 32.2. The Hall–Kier alpha value is -2.47. The van der Waals surface area contributed by atoms with Gasteiger partial charge in [-0.15, -0.1) is 11.8 Å². The first-order chi connectivity index (χ1) is 14.1. The highest BCUT2D eigenvalue weighted by Gasteiger charge is 2.40. The van der Waals surface area contributed by atoms with E-state index in [-0.39, 0.29) is 30.2 Å². The summed E-state index contributed by atoms with van der Waals surface area (Å²) in [5, 5.41) is 0. The van der Waals surface area contributed by atoms with Gasteiger partial charge in [0.2, 0.25) is 11.8 Å². The minimum atomic E-state index is -0.276. The normalized spacial score (nSPS) is 21.7. The molecule has 0 aliphatic carbocycles. The highest BCUT2D eigenvalue weighted by Crippen LogP contribution is 2.36. The molecule has 0 spiro atoms. The van der Waals surface area contributed by atoms with Gasteiger partial charge in [0.15, 0.2) is 0 Å². The molecule has 4 rings (SSSR count). The molecule has 2 aliphatic heterocycles. The first kappa shape index (κ1) is 19.8. The van der Waals surface area contributed by atoms with Crippen molar-refractivity contribution in [1.29, 1.82) is 0 Å². The van der Waals surface area contributed by atoms with Crippen LogP contribution >= 0.6 is 11.8 Å². The average Bonchev–Trinajstić information content (AvgIpc) is 3.40. The minimum absolute atomic E-state index is 0.0282. The van der Waals surface area contributed by atoms with E-state index >= 15 is 0 Å². The Morgan fingerprint density at radius 2 is 1.83 bits per heavy atom. The van der Waals surface area contributed by atoms with E-state index in [0.717, 1.165) is 41.3 Å². The minimum Gasteiger partial charge on any atom is -0.497 e. The molecule has 2 heterocycles. The fourth-order valence-corrected chi connectivity index (χ4v) is 4.73. The Labute approximate surface area is 176 Å². The number of likely N-dealkylation sites (tertiary alicyclic amines) is 1. The highest BCUT2D eigenvalue weighted by molar-refractivity contribution is 7.98. The van der Waals surface area contributed by atoms with Crippen LogP contribution in [0.5, 0.6) is 5.75 Å². The van der Waals surface area contributed by atoms with Crippen LogP contribution in [0.25, 0.3) is 0 Å². The maximum atomic E-state index is 13.3. The summed E-state index contributed by atoms with van der Waals surface area (Å²) in [4.78, 5) is 30.8. The summed E-state index contributed by atoms with van der Waals surface area (Å²) in [6.45, 7) is 1.21. The zero-order valence-corrected chi connectivity index (χ0v) is 17.7. The van der Waals surface area contributed by atoms with E-state index in [9.17, 15) is 9.59 Å². The van der Waals surface area contributed by atoms with Crippen LogP contribution in [0.15, 0.2) is 53.4 Å². The number of nitrogens with zero attached hydrogens (tertiary/aromatic N) is 2. The van der Waals surface area contributed by atoms with E-state index in [0.29, 0.717) is 6.54 Å². The second-order valence-corrected chi connectivity index (χ2v) is 8.45. The van der Waals surface area contributed by atoms with E-state index < -0.39 is 0 Å². The van der Waals surface area contributed by atoms with Crippen molar-refractivity contribution in [1.82, 2.24) is 4.90 Å². The molecule has 0 radical (unpaired) electrons. The average molecular weight is 411 g/mol. The number of benzene rings is 2. The number of methoxy groups -OCH3 is 1. The summed E-state index contributed by atoms with van der Waals surface area (Å²) in [7, 11) is 1.65. The molecule has 2 fully saturated rings. The van der Waals surface area contributed by atoms with Gasteiger partial charge in [0.25, 0.3) is 0 Å². The lowest BCUT2D eigenvalue weighted by atomic mass is 10.0. The van der Waals surface area contributed by atoms with Gasteiger partial charge in [-0.05, 0) is 61.1 Å².